The molecule has 13 N–H and O–H groups in total. The molecule has 6 aliphatic rings. The molecule has 56 heavy (non-hydrogen) atoms. The molecule has 6 fully saturated rings. The van der Waals surface area contributed by atoms with Crippen molar-refractivity contribution in [1.82, 2.24) is 5.32 Å². The number of fused-ring (bicyclic) bond motifs is 2. The van der Waals surface area contributed by atoms with Crippen LogP contribution in [0.1, 0.15) is 97.3 Å². The summed E-state index contributed by atoms with van der Waals surface area (Å²) >= 11 is 0. The number of nitrogens with two attached hydrogens (primary N) is 4. The van der Waals surface area contributed by atoms with Gasteiger partial charge in [-0.05, 0) is 102 Å². The molecule has 4 saturated heterocycles. The Labute approximate surface area is 333 Å². The second kappa shape index (κ2) is 19.7. The normalized spacial score (nSPS) is 43.3. The molecule has 2 saturated carbocycles. The molecule has 14 nitrogen and oxygen atoms in total. The van der Waals surface area contributed by atoms with Crippen molar-refractivity contribution in [3.63, 3.8) is 0 Å². The van der Waals surface area contributed by atoms with E-state index >= 15 is 0 Å². The molecule has 13 unspecified atom stereocenters. The lowest BCUT2D eigenvalue weighted by Crippen LogP contribution is -2.95. The zero-order valence-electron chi connectivity index (χ0n) is 34.2. The van der Waals surface area contributed by atoms with Gasteiger partial charge in [0.25, 0.3) is 0 Å². The molecule has 4 heterocycles. The van der Waals surface area contributed by atoms with E-state index in [1.807, 2.05) is 32.3 Å². The smallest absolute Gasteiger partial charge is 0.334 e. The van der Waals surface area contributed by atoms with Crippen LogP contribution in [-0.4, -0.2) is 127 Å². The summed E-state index contributed by atoms with van der Waals surface area (Å²) in [6.45, 7) is 5.82. The van der Waals surface area contributed by atoms with Gasteiger partial charge in [0.1, 0.15) is 23.7 Å². The van der Waals surface area contributed by atoms with E-state index in [0.29, 0.717) is 50.1 Å². The molecule has 6 rings (SSSR count). The van der Waals surface area contributed by atoms with Crippen LogP contribution >= 0.6 is 0 Å². The highest BCUT2D eigenvalue weighted by Gasteiger charge is 2.64. The molecule has 0 radical (unpaired) electrons. The average Bonchev–Trinajstić information content (AvgIpc) is 3.18. The van der Waals surface area contributed by atoms with Gasteiger partial charge in [0.2, 0.25) is 0 Å². The van der Waals surface area contributed by atoms with Crippen LogP contribution in [0.2, 0.25) is 0 Å². The first-order valence-electron chi connectivity index (χ1n) is 22.1. The van der Waals surface area contributed by atoms with Crippen LogP contribution in [0.4, 0.5) is 0 Å². The number of hydrogen-bond donors (Lipinski definition) is 9. The van der Waals surface area contributed by atoms with E-state index in [2.05, 4.69) is 10.6 Å². The van der Waals surface area contributed by atoms with E-state index in [1.54, 1.807) is 0 Å². The standard InChI is InChI=1S/C42H73N5O9/c1-4-24(11-14-45-3)41(53)55-32-19-29-38(52)36-31(51)18-28(21-48)54-40(36)37(39(29)56-42(32,2)13-10-23-8-9-33(43)47-20-23)35(26-12-15-46-34(44)17-26)30(22-49)25-6-5-7-27(50)16-25/h4,23,25-30,32-40,45-50,52H,5-22,43-44H2,1-3H3/p+2/t23?,25?,26?,27?,28?,29?,30-,32+,33?,34?,35+,36?,37?,38?,39?,40?,42+/m1/s1. The Bertz CT molecular complexity index is 1330. The number of esters is 1. The summed E-state index contributed by atoms with van der Waals surface area (Å²) in [7, 11) is 1.97. The van der Waals surface area contributed by atoms with E-state index in [-0.39, 0.29) is 67.4 Å². The van der Waals surface area contributed by atoms with E-state index < -0.39 is 60.0 Å². The number of allylic oxidation sites excluding steroid dienone is 1. The summed E-state index contributed by atoms with van der Waals surface area (Å²) in [4.78, 5) is 28.1. The predicted molar refractivity (Wildman–Crippen MR) is 208 cm³/mol. The van der Waals surface area contributed by atoms with E-state index in [0.717, 1.165) is 58.0 Å². The number of carbonyl (C=O) groups is 2. The first kappa shape index (κ1) is 44.0. The quantitative estimate of drug-likeness (QED) is 0.0762. The second-order valence-electron chi connectivity index (χ2n) is 18.6. The first-order valence-corrected chi connectivity index (χ1v) is 22.1. The van der Waals surface area contributed by atoms with Crippen LogP contribution in [0.25, 0.3) is 0 Å². The zero-order valence-corrected chi connectivity index (χ0v) is 34.2. The van der Waals surface area contributed by atoms with Gasteiger partial charge in [-0.25, -0.2) is 4.79 Å². The highest BCUT2D eigenvalue weighted by Crippen LogP contribution is 2.56. The molecule has 0 bridgehead atoms. The highest BCUT2D eigenvalue weighted by molar-refractivity contribution is 5.88. The molecule has 14 heteroatoms. The SMILES string of the molecule is CC=C(CC[NH2+]C)C(=O)O[C@H]1CC2C(O)C3C(=O)CC(CO)OC3C([C@@H](C3CCNC(N)C3)[C@H](CO)C3CCCC(O)C3)C2O[C@@]1(C)CCC1CCC(N)[NH2+]C1. The molecule has 2 aliphatic carbocycles. The van der Waals surface area contributed by atoms with Gasteiger partial charge >= 0.3 is 5.97 Å². The van der Waals surface area contributed by atoms with Crippen LogP contribution in [0.5, 0.6) is 0 Å². The number of Topliss-reactive ketones (excluding diaryl/α,β-unsaturated/α-hetero) is 1. The minimum atomic E-state index is -1.12. The predicted octanol–water partition coefficient (Wildman–Crippen LogP) is -0.984. The lowest BCUT2D eigenvalue weighted by molar-refractivity contribution is -0.703. The maximum absolute atomic E-state index is 14.2. The third-order valence-corrected chi connectivity index (χ3v) is 15.0. The molecule has 0 aromatic rings. The van der Waals surface area contributed by atoms with Crippen LogP contribution in [0, 0.1) is 47.3 Å². The monoisotopic (exact) mass is 794 g/mol. The third-order valence-electron chi connectivity index (χ3n) is 15.0. The zero-order chi connectivity index (χ0) is 40.1. The summed E-state index contributed by atoms with van der Waals surface area (Å²) in [6, 6.07) is 0. The van der Waals surface area contributed by atoms with Crippen LogP contribution in [-0.2, 0) is 23.8 Å². The Morgan fingerprint density at radius 3 is 2.57 bits per heavy atom. The number of ether oxygens (including phenoxy) is 3. The van der Waals surface area contributed by atoms with Crippen molar-refractivity contribution in [1.29, 1.82) is 0 Å². The fourth-order valence-corrected chi connectivity index (χ4v) is 11.9. The van der Waals surface area contributed by atoms with E-state index in [1.165, 1.54) is 0 Å². The number of nitrogens with one attached hydrogen (secondary N) is 1. The van der Waals surface area contributed by atoms with Crippen molar-refractivity contribution in [2.75, 3.05) is 39.9 Å². The summed E-state index contributed by atoms with van der Waals surface area (Å²) in [6.07, 6.45) is 6.10. The van der Waals surface area contributed by atoms with Gasteiger partial charge in [-0.1, -0.05) is 12.5 Å². The fraction of sp³-hybridized carbons (Fsp3) is 0.905. The molecule has 320 valence electrons. The van der Waals surface area contributed by atoms with Gasteiger partial charge < -0.3 is 56.3 Å². The van der Waals surface area contributed by atoms with Gasteiger partial charge in [-0.3, -0.25) is 10.5 Å². The van der Waals surface area contributed by atoms with Gasteiger partial charge in [-0.2, -0.15) is 0 Å². The minimum Gasteiger partial charge on any atom is -0.456 e. The lowest BCUT2D eigenvalue weighted by atomic mass is 9.53. The molecule has 0 aromatic carbocycles. The first-order chi connectivity index (χ1) is 26.9. The maximum atomic E-state index is 14.2. The Balaban J connectivity index is 1.43. The van der Waals surface area contributed by atoms with Crippen molar-refractivity contribution in [2.24, 2.45) is 58.8 Å². The number of quaternary nitrogens is 2. The summed E-state index contributed by atoms with van der Waals surface area (Å²) < 4.78 is 20.7. The summed E-state index contributed by atoms with van der Waals surface area (Å²) in [5.41, 5.74) is 12.5. The molecule has 0 amide bonds. The number of aliphatic hydroxyl groups excluding tert-OH is 4. The lowest BCUT2D eigenvalue weighted by Gasteiger charge is -2.61. The van der Waals surface area contributed by atoms with Crippen molar-refractivity contribution in [3.05, 3.63) is 11.6 Å². The number of piperidine rings is 2. The van der Waals surface area contributed by atoms with Gasteiger partial charge in [0.05, 0.1) is 69.3 Å². The molecule has 0 aromatic heterocycles. The number of rotatable bonds is 14. The van der Waals surface area contributed by atoms with Crippen molar-refractivity contribution in [2.45, 2.75) is 152 Å². The Kier molecular flexibility index (Phi) is 15.5. The second-order valence-corrected chi connectivity index (χ2v) is 18.6. The van der Waals surface area contributed by atoms with Gasteiger partial charge in [0, 0.05) is 49.2 Å². The summed E-state index contributed by atoms with van der Waals surface area (Å²) in [5, 5.41) is 52.8. The molecular weight excluding hydrogens is 718 g/mol. The number of carbonyl (C=O) groups excluding carboxylic acids is 2. The van der Waals surface area contributed by atoms with Crippen molar-refractivity contribution in [3.8, 4) is 0 Å². The average molecular weight is 794 g/mol. The Morgan fingerprint density at radius 1 is 1.11 bits per heavy atom. The largest absolute Gasteiger partial charge is 0.456 e. The topological polar surface area (TPSA) is 240 Å². The van der Waals surface area contributed by atoms with Crippen molar-refractivity contribution >= 4 is 11.8 Å². The number of hydrogen-bond acceptors (Lipinski definition) is 12. The highest BCUT2D eigenvalue weighted by atomic mass is 16.6. The Hall–Kier alpha value is -1.56. The van der Waals surface area contributed by atoms with Gasteiger partial charge in [0.15, 0.2) is 0 Å². The van der Waals surface area contributed by atoms with Crippen LogP contribution in [0.3, 0.4) is 0 Å². The van der Waals surface area contributed by atoms with Gasteiger partial charge in [-0.15, -0.1) is 0 Å². The van der Waals surface area contributed by atoms with Crippen molar-refractivity contribution < 1.29 is 54.9 Å². The number of ketones is 1. The molecule has 4 aliphatic heterocycles. The minimum absolute atomic E-state index is 0.00187. The third kappa shape index (κ3) is 9.73. The van der Waals surface area contributed by atoms with Crippen LogP contribution in [0.15, 0.2) is 11.6 Å². The van der Waals surface area contributed by atoms with E-state index in [9.17, 15) is 30.0 Å². The summed E-state index contributed by atoms with van der Waals surface area (Å²) in [5.74, 6) is -2.37. The van der Waals surface area contributed by atoms with E-state index in [4.69, 9.17) is 25.7 Å². The number of aliphatic hydroxyl groups is 4. The molecule has 0 spiro atoms. The maximum Gasteiger partial charge on any atom is 0.334 e. The fourth-order valence-electron chi connectivity index (χ4n) is 11.9. The van der Waals surface area contributed by atoms with Crippen LogP contribution < -0.4 is 27.4 Å². The molecular formula is C42H75N5O9+2. The molecule has 17 atom stereocenters. The Morgan fingerprint density at radius 2 is 1.91 bits per heavy atom.